The number of nitrogens with zero attached hydrogens (tertiary/aromatic N) is 1. The van der Waals surface area contributed by atoms with Crippen LogP contribution in [0.1, 0.15) is 31.4 Å². The standard InChI is InChI=1S/C21H23FN2O2/c1-3-20(25)24-12-10-15(11-13-24)21(26)23-14(2)16-8-9-19(22)18-7-5-4-6-17(16)18/h3-9,14-15H,1,10-13H2,2H3,(H,23,26). The summed E-state index contributed by atoms with van der Waals surface area (Å²) in [5.74, 6) is -0.480. The van der Waals surface area contributed by atoms with Crippen molar-refractivity contribution in [3.8, 4) is 0 Å². The number of fused-ring (bicyclic) bond motifs is 1. The minimum atomic E-state index is -0.262. The number of likely N-dealkylation sites (tertiary alicyclic amines) is 1. The van der Waals surface area contributed by atoms with Crippen LogP contribution >= 0.6 is 0 Å². The van der Waals surface area contributed by atoms with E-state index < -0.39 is 0 Å². The number of benzene rings is 2. The number of hydrogen-bond donors (Lipinski definition) is 1. The van der Waals surface area contributed by atoms with E-state index in [-0.39, 0.29) is 29.6 Å². The molecule has 1 aliphatic rings. The van der Waals surface area contributed by atoms with Crippen LogP contribution in [0.15, 0.2) is 49.1 Å². The van der Waals surface area contributed by atoms with Crippen LogP contribution in [0, 0.1) is 11.7 Å². The molecule has 136 valence electrons. The molecule has 1 unspecified atom stereocenters. The summed E-state index contributed by atoms with van der Waals surface area (Å²) < 4.78 is 14.0. The van der Waals surface area contributed by atoms with Gasteiger partial charge in [0, 0.05) is 24.4 Å². The van der Waals surface area contributed by atoms with Crippen molar-refractivity contribution < 1.29 is 14.0 Å². The van der Waals surface area contributed by atoms with Crippen molar-refractivity contribution in [1.82, 2.24) is 10.2 Å². The summed E-state index contributed by atoms with van der Waals surface area (Å²) in [6, 6.07) is 10.2. The van der Waals surface area contributed by atoms with E-state index >= 15 is 0 Å². The second-order valence-electron chi connectivity index (χ2n) is 6.72. The molecule has 1 heterocycles. The zero-order chi connectivity index (χ0) is 18.7. The lowest BCUT2D eigenvalue weighted by Gasteiger charge is -2.31. The van der Waals surface area contributed by atoms with Gasteiger partial charge in [-0.1, -0.05) is 36.9 Å². The highest BCUT2D eigenvalue weighted by molar-refractivity contribution is 5.88. The topological polar surface area (TPSA) is 49.4 Å². The van der Waals surface area contributed by atoms with E-state index in [1.165, 1.54) is 12.1 Å². The summed E-state index contributed by atoms with van der Waals surface area (Å²) in [5, 5.41) is 4.42. The third-order valence-corrected chi connectivity index (χ3v) is 5.08. The number of halogens is 1. The number of carbonyl (C=O) groups is 2. The fourth-order valence-electron chi connectivity index (χ4n) is 3.56. The molecule has 1 saturated heterocycles. The van der Waals surface area contributed by atoms with E-state index in [1.807, 2.05) is 19.1 Å². The molecule has 0 bridgehead atoms. The van der Waals surface area contributed by atoms with Gasteiger partial charge in [0.05, 0.1) is 6.04 Å². The average Bonchev–Trinajstić information content (AvgIpc) is 2.67. The summed E-state index contributed by atoms with van der Waals surface area (Å²) in [6.07, 6.45) is 2.59. The Morgan fingerprint density at radius 3 is 2.50 bits per heavy atom. The van der Waals surface area contributed by atoms with Crippen molar-refractivity contribution in [1.29, 1.82) is 0 Å². The zero-order valence-corrected chi connectivity index (χ0v) is 14.9. The van der Waals surface area contributed by atoms with Gasteiger partial charge in [-0.3, -0.25) is 9.59 Å². The first kappa shape index (κ1) is 18.1. The molecule has 0 spiro atoms. The predicted molar refractivity (Wildman–Crippen MR) is 100.0 cm³/mol. The third kappa shape index (κ3) is 3.62. The van der Waals surface area contributed by atoms with Crippen molar-refractivity contribution >= 4 is 22.6 Å². The van der Waals surface area contributed by atoms with Crippen molar-refractivity contribution in [2.24, 2.45) is 5.92 Å². The second kappa shape index (κ2) is 7.68. The molecule has 1 N–H and O–H groups in total. The van der Waals surface area contributed by atoms with Crippen molar-refractivity contribution in [2.75, 3.05) is 13.1 Å². The highest BCUT2D eigenvalue weighted by Crippen LogP contribution is 2.27. The van der Waals surface area contributed by atoms with Gasteiger partial charge in [0.25, 0.3) is 0 Å². The lowest BCUT2D eigenvalue weighted by Crippen LogP contribution is -2.43. The fourth-order valence-corrected chi connectivity index (χ4v) is 3.56. The Kier molecular flexibility index (Phi) is 5.35. The second-order valence-corrected chi connectivity index (χ2v) is 6.72. The van der Waals surface area contributed by atoms with Crippen LogP contribution in [-0.4, -0.2) is 29.8 Å². The van der Waals surface area contributed by atoms with Crippen LogP contribution in [0.25, 0.3) is 10.8 Å². The van der Waals surface area contributed by atoms with Crippen molar-refractivity contribution in [2.45, 2.75) is 25.8 Å². The van der Waals surface area contributed by atoms with E-state index in [2.05, 4.69) is 11.9 Å². The molecule has 0 aliphatic carbocycles. The quantitative estimate of drug-likeness (QED) is 0.853. The monoisotopic (exact) mass is 354 g/mol. The van der Waals surface area contributed by atoms with Crippen LogP contribution in [0.3, 0.4) is 0 Å². The summed E-state index contributed by atoms with van der Waals surface area (Å²) in [6.45, 7) is 6.54. The van der Waals surface area contributed by atoms with Gasteiger partial charge in [-0.25, -0.2) is 4.39 Å². The molecule has 2 amide bonds. The van der Waals surface area contributed by atoms with Gasteiger partial charge in [0.15, 0.2) is 0 Å². The lowest BCUT2D eigenvalue weighted by atomic mass is 9.94. The van der Waals surface area contributed by atoms with Crippen LogP contribution in [0.2, 0.25) is 0 Å². The molecule has 2 aromatic rings. The van der Waals surface area contributed by atoms with E-state index in [0.717, 1.165) is 10.9 Å². The Morgan fingerprint density at radius 1 is 1.19 bits per heavy atom. The van der Waals surface area contributed by atoms with Crippen LogP contribution in [0.5, 0.6) is 0 Å². The van der Waals surface area contributed by atoms with Crippen LogP contribution in [0.4, 0.5) is 4.39 Å². The minimum Gasteiger partial charge on any atom is -0.349 e. The lowest BCUT2D eigenvalue weighted by molar-refractivity contribution is -0.132. The molecule has 5 heteroatoms. The first-order valence-corrected chi connectivity index (χ1v) is 8.90. The maximum atomic E-state index is 14.0. The molecule has 26 heavy (non-hydrogen) atoms. The summed E-state index contributed by atoms with van der Waals surface area (Å²) >= 11 is 0. The minimum absolute atomic E-state index is 0.0170. The molecule has 3 rings (SSSR count). The molecule has 1 atom stereocenters. The molecule has 2 aromatic carbocycles. The molecular weight excluding hydrogens is 331 g/mol. The molecular formula is C21H23FN2O2. The Morgan fingerprint density at radius 2 is 1.85 bits per heavy atom. The van der Waals surface area contributed by atoms with Gasteiger partial charge in [0.1, 0.15) is 5.82 Å². The van der Waals surface area contributed by atoms with Crippen molar-refractivity contribution in [3.05, 3.63) is 60.4 Å². The average molecular weight is 354 g/mol. The SMILES string of the molecule is C=CC(=O)N1CCC(C(=O)NC(C)c2ccc(F)c3ccccc23)CC1. The van der Waals surface area contributed by atoms with Crippen molar-refractivity contribution in [3.63, 3.8) is 0 Å². The Bertz CT molecular complexity index is 841. The largest absolute Gasteiger partial charge is 0.349 e. The fraction of sp³-hybridized carbons (Fsp3) is 0.333. The molecule has 0 aromatic heterocycles. The normalized spacial score (nSPS) is 16.3. The number of amides is 2. The molecule has 4 nitrogen and oxygen atoms in total. The summed E-state index contributed by atoms with van der Waals surface area (Å²) in [5.41, 5.74) is 0.898. The number of carbonyl (C=O) groups excluding carboxylic acids is 2. The smallest absolute Gasteiger partial charge is 0.245 e. The highest BCUT2D eigenvalue weighted by Gasteiger charge is 2.27. The third-order valence-electron chi connectivity index (χ3n) is 5.08. The molecule has 0 saturated carbocycles. The van der Waals surface area contributed by atoms with Gasteiger partial charge >= 0.3 is 0 Å². The maximum absolute atomic E-state index is 14.0. The van der Waals surface area contributed by atoms with Crippen LogP contribution < -0.4 is 5.32 Å². The summed E-state index contributed by atoms with van der Waals surface area (Å²) in [4.78, 5) is 26.0. The Hall–Kier alpha value is -2.69. The zero-order valence-electron chi connectivity index (χ0n) is 14.9. The van der Waals surface area contributed by atoms with Crippen LogP contribution in [-0.2, 0) is 9.59 Å². The summed E-state index contributed by atoms with van der Waals surface area (Å²) in [7, 11) is 0. The highest BCUT2D eigenvalue weighted by atomic mass is 19.1. The van der Waals surface area contributed by atoms with Gasteiger partial charge in [-0.15, -0.1) is 0 Å². The van der Waals surface area contributed by atoms with Gasteiger partial charge in [-0.2, -0.15) is 0 Å². The number of rotatable bonds is 4. The number of piperidine rings is 1. The van der Waals surface area contributed by atoms with E-state index in [9.17, 15) is 14.0 Å². The maximum Gasteiger partial charge on any atom is 0.245 e. The van der Waals surface area contributed by atoms with E-state index in [0.29, 0.717) is 31.3 Å². The first-order valence-electron chi connectivity index (χ1n) is 8.90. The van der Waals surface area contributed by atoms with Gasteiger partial charge < -0.3 is 10.2 Å². The number of nitrogens with one attached hydrogen (secondary N) is 1. The Balaban J connectivity index is 1.68. The van der Waals surface area contributed by atoms with E-state index in [1.54, 1.807) is 23.1 Å². The molecule has 1 aliphatic heterocycles. The Labute approximate surface area is 152 Å². The molecule has 0 radical (unpaired) electrons. The van der Waals surface area contributed by atoms with E-state index in [4.69, 9.17) is 0 Å². The number of hydrogen-bond acceptors (Lipinski definition) is 2. The van der Waals surface area contributed by atoms with Gasteiger partial charge in [0.2, 0.25) is 11.8 Å². The van der Waals surface area contributed by atoms with Gasteiger partial charge in [-0.05, 0) is 42.9 Å². The predicted octanol–water partition coefficient (Wildman–Crippen LogP) is 3.58. The molecule has 1 fully saturated rings. The first-order chi connectivity index (χ1) is 12.5.